The largest absolute Gasteiger partial charge is 0.497 e. The third kappa shape index (κ3) is 4.14. The predicted molar refractivity (Wildman–Crippen MR) is 92.2 cm³/mol. The minimum atomic E-state index is -0.178. The van der Waals surface area contributed by atoms with Crippen LogP contribution < -0.4 is 14.8 Å². The number of nitrogens with one attached hydrogen (secondary N) is 1. The second kappa shape index (κ2) is 7.96. The lowest BCUT2D eigenvalue weighted by molar-refractivity contribution is 0.0947. The standard InChI is InChI=1S/C18H18N4O3/c1-24-14-6-8-15(9-7-14)25-11-10-19-18(23)16-4-2-3-5-17(16)22-12-20-21-13-22/h2-9,12-13H,10-11H2,1H3,(H,19,23). The van der Waals surface area contributed by atoms with Gasteiger partial charge in [0.25, 0.3) is 5.91 Å². The van der Waals surface area contributed by atoms with Gasteiger partial charge in [0, 0.05) is 0 Å². The van der Waals surface area contributed by atoms with E-state index in [-0.39, 0.29) is 5.91 Å². The van der Waals surface area contributed by atoms with Crippen LogP contribution in [0.2, 0.25) is 0 Å². The second-order valence-corrected chi connectivity index (χ2v) is 5.17. The van der Waals surface area contributed by atoms with Crippen LogP contribution in [0.5, 0.6) is 11.5 Å². The van der Waals surface area contributed by atoms with E-state index in [1.165, 1.54) is 0 Å². The number of nitrogens with zero attached hydrogens (tertiary/aromatic N) is 3. The molecule has 0 radical (unpaired) electrons. The van der Waals surface area contributed by atoms with Crippen molar-refractivity contribution in [3.8, 4) is 17.2 Å². The van der Waals surface area contributed by atoms with Gasteiger partial charge in [0.2, 0.25) is 0 Å². The maximum atomic E-state index is 12.4. The summed E-state index contributed by atoms with van der Waals surface area (Å²) in [6.45, 7) is 0.758. The Balaban J connectivity index is 1.54. The van der Waals surface area contributed by atoms with Crippen LogP contribution in [0.15, 0.2) is 61.2 Å². The summed E-state index contributed by atoms with van der Waals surface area (Å²) in [4.78, 5) is 12.4. The molecule has 0 aliphatic carbocycles. The number of aromatic nitrogens is 3. The van der Waals surface area contributed by atoms with Crippen molar-refractivity contribution in [2.45, 2.75) is 0 Å². The third-order valence-electron chi connectivity index (χ3n) is 3.56. The smallest absolute Gasteiger partial charge is 0.253 e. The summed E-state index contributed by atoms with van der Waals surface area (Å²) < 4.78 is 12.4. The maximum absolute atomic E-state index is 12.4. The fraction of sp³-hybridized carbons (Fsp3) is 0.167. The topological polar surface area (TPSA) is 78.3 Å². The zero-order valence-corrected chi connectivity index (χ0v) is 13.8. The Morgan fingerprint density at radius 2 is 1.72 bits per heavy atom. The summed E-state index contributed by atoms with van der Waals surface area (Å²) in [5.74, 6) is 1.31. The number of rotatable bonds is 7. The van der Waals surface area contributed by atoms with Crippen LogP contribution >= 0.6 is 0 Å². The van der Waals surface area contributed by atoms with Gasteiger partial charge in [-0.25, -0.2) is 0 Å². The van der Waals surface area contributed by atoms with Gasteiger partial charge in [-0.15, -0.1) is 10.2 Å². The summed E-state index contributed by atoms with van der Waals surface area (Å²) in [6.07, 6.45) is 3.11. The Kier molecular flexibility index (Phi) is 5.26. The molecule has 0 bridgehead atoms. The van der Waals surface area contributed by atoms with Crippen molar-refractivity contribution in [2.75, 3.05) is 20.3 Å². The Morgan fingerprint density at radius 3 is 2.44 bits per heavy atom. The minimum absolute atomic E-state index is 0.178. The number of para-hydroxylation sites is 1. The average Bonchev–Trinajstić information content (AvgIpc) is 3.20. The molecule has 1 amide bonds. The Labute approximate surface area is 145 Å². The van der Waals surface area contributed by atoms with Gasteiger partial charge in [-0.05, 0) is 36.4 Å². The molecule has 3 rings (SSSR count). The first-order valence-electron chi connectivity index (χ1n) is 7.77. The van der Waals surface area contributed by atoms with Crippen molar-refractivity contribution in [3.05, 3.63) is 66.7 Å². The van der Waals surface area contributed by atoms with Crippen LogP contribution in [-0.2, 0) is 0 Å². The van der Waals surface area contributed by atoms with Crippen LogP contribution in [-0.4, -0.2) is 40.9 Å². The van der Waals surface area contributed by atoms with E-state index >= 15 is 0 Å². The quantitative estimate of drug-likeness (QED) is 0.667. The minimum Gasteiger partial charge on any atom is -0.497 e. The molecule has 0 aliphatic rings. The van der Waals surface area contributed by atoms with Crippen molar-refractivity contribution in [3.63, 3.8) is 0 Å². The third-order valence-corrected chi connectivity index (χ3v) is 3.56. The highest BCUT2D eigenvalue weighted by Gasteiger charge is 2.11. The Hall–Kier alpha value is -3.35. The van der Waals surface area contributed by atoms with Crippen LogP contribution in [0.1, 0.15) is 10.4 Å². The fourth-order valence-electron chi connectivity index (χ4n) is 2.32. The lowest BCUT2D eigenvalue weighted by Crippen LogP contribution is -2.28. The van der Waals surface area contributed by atoms with Gasteiger partial charge in [0.15, 0.2) is 0 Å². The zero-order chi connectivity index (χ0) is 17.5. The molecule has 25 heavy (non-hydrogen) atoms. The normalized spacial score (nSPS) is 10.3. The number of carbonyl (C=O) groups is 1. The summed E-state index contributed by atoms with van der Waals surface area (Å²) in [5.41, 5.74) is 1.27. The first-order valence-corrected chi connectivity index (χ1v) is 7.77. The molecule has 0 unspecified atom stereocenters. The number of methoxy groups -OCH3 is 1. The lowest BCUT2D eigenvalue weighted by Gasteiger charge is -2.11. The van der Waals surface area contributed by atoms with Crippen LogP contribution in [0, 0.1) is 0 Å². The van der Waals surface area contributed by atoms with Crippen molar-refractivity contribution in [2.24, 2.45) is 0 Å². The van der Waals surface area contributed by atoms with Crippen molar-refractivity contribution >= 4 is 5.91 Å². The lowest BCUT2D eigenvalue weighted by atomic mass is 10.1. The van der Waals surface area contributed by atoms with Gasteiger partial charge in [-0.1, -0.05) is 12.1 Å². The number of ether oxygens (including phenoxy) is 2. The van der Waals surface area contributed by atoms with E-state index in [2.05, 4.69) is 15.5 Å². The van der Waals surface area contributed by atoms with Crippen LogP contribution in [0.3, 0.4) is 0 Å². The summed E-state index contributed by atoms with van der Waals surface area (Å²) in [7, 11) is 1.61. The first kappa shape index (κ1) is 16.5. The van der Waals surface area contributed by atoms with E-state index in [0.29, 0.717) is 18.7 Å². The highest BCUT2D eigenvalue weighted by atomic mass is 16.5. The van der Waals surface area contributed by atoms with Gasteiger partial charge in [-0.2, -0.15) is 0 Å². The monoisotopic (exact) mass is 338 g/mol. The SMILES string of the molecule is COc1ccc(OCCNC(=O)c2ccccc2-n2cnnc2)cc1. The summed E-state index contributed by atoms with van der Waals surface area (Å²) in [5, 5.41) is 10.4. The van der Waals surface area contributed by atoms with Crippen molar-refractivity contribution < 1.29 is 14.3 Å². The van der Waals surface area contributed by atoms with Gasteiger partial charge < -0.3 is 14.8 Å². The average molecular weight is 338 g/mol. The maximum Gasteiger partial charge on any atom is 0.253 e. The number of hydrogen-bond acceptors (Lipinski definition) is 5. The highest BCUT2D eigenvalue weighted by Crippen LogP contribution is 2.17. The number of carbonyl (C=O) groups excluding carboxylic acids is 1. The van der Waals surface area contributed by atoms with E-state index in [1.54, 1.807) is 30.4 Å². The molecule has 1 aromatic heterocycles. The van der Waals surface area contributed by atoms with Crippen molar-refractivity contribution in [1.29, 1.82) is 0 Å². The molecule has 0 saturated carbocycles. The molecule has 0 fully saturated rings. The van der Waals surface area contributed by atoms with E-state index < -0.39 is 0 Å². The van der Waals surface area contributed by atoms with Crippen molar-refractivity contribution in [1.82, 2.24) is 20.1 Å². The summed E-state index contributed by atoms with van der Waals surface area (Å²) >= 11 is 0. The van der Waals surface area contributed by atoms with E-state index in [1.807, 2.05) is 42.5 Å². The zero-order valence-electron chi connectivity index (χ0n) is 13.8. The second-order valence-electron chi connectivity index (χ2n) is 5.17. The summed E-state index contributed by atoms with van der Waals surface area (Å²) in [6, 6.07) is 14.6. The molecule has 0 saturated heterocycles. The van der Waals surface area contributed by atoms with E-state index in [0.717, 1.165) is 17.2 Å². The van der Waals surface area contributed by atoms with Gasteiger partial charge in [0.05, 0.1) is 24.9 Å². The van der Waals surface area contributed by atoms with Gasteiger partial charge >= 0.3 is 0 Å². The number of hydrogen-bond donors (Lipinski definition) is 1. The molecule has 2 aromatic carbocycles. The fourth-order valence-corrected chi connectivity index (χ4v) is 2.32. The Bertz CT molecular complexity index is 817. The number of benzene rings is 2. The van der Waals surface area contributed by atoms with Gasteiger partial charge in [-0.3, -0.25) is 9.36 Å². The molecule has 0 atom stereocenters. The molecular formula is C18H18N4O3. The molecule has 3 aromatic rings. The number of amides is 1. The Morgan fingerprint density at radius 1 is 1.04 bits per heavy atom. The molecule has 1 N–H and O–H groups in total. The molecule has 7 heteroatoms. The molecule has 128 valence electrons. The molecular weight excluding hydrogens is 320 g/mol. The van der Waals surface area contributed by atoms with Crippen LogP contribution in [0.25, 0.3) is 5.69 Å². The van der Waals surface area contributed by atoms with Crippen LogP contribution in [0.4, 0.5) is 0 Å². The highest BCUT2D eigenvalue weighted by molar-refractivity contribution is 5.97. The molecule has 0 spiro atoms. The van der Waals surface area contributed by atoms with E-state index in [4.69, 9.17) is 9.47 Å². The first-order chi connectivity index (χ1) is 12.3. The molecule has 1 heterocycles. The molecule has 0 aliphatic heterocycles. The predicted octanol–water partition coefficient (Wildman–Crippen LogP) is 2.08. The molecule has 7 nitrogen and oxygen atoms in total. The van der Waals surface area contributed by atoms with Gasteiger partial charge in [0.1, 0.15) is 30.8 Å². The van der Waals surface area contributed by atoms with E-state index in [9.17, 15) is 4.79 Å².